The van der Waals surface area contributed by atoms with Crippen molar-refractivity contribution in [2.75, 3.05) is 36.4 Å². The van der Waals surface area contributed by atoms with E-state index in [9.17, 15) is 27.9 Å². The number of aromatic nitrogens is 4. The number of aliphatic hydroxyl groups is 1. The molecule has 3 N–H and O–H groups in total. The van der Waals surface area contributed by atoms with Crippen LogP contribution in [-0.2, 0) is 15.7 Å². The molecule has 1 saturated carbocycles. The molecule has 0 bridgehead atoms. The van der Waals surface area contributed by atoms with E-state index in [1.54, 1.807) is 5.10 Å². The number of piperidine rings is 1. The number of β-amino-alcohol motifs (C(OH)–C–C–N with tert-alkyl or cyclic N) is 1. The van der Waals surface area contributed by atoms with Crippen LogP contribution in [0.2, 0.25) is 0 Å². The first-order valence-corrected chi connectivity index (χ1v) is 12.5. The molecule has 2 saturated heterocycles. The van der Waals surface area contributed by atoms with Gasteiger partial charge in [-0.1, -0.05) is 0 Å². The van der Waals surface area contributed by atoms with Crippen molar-refractivity contribution in [3.8, 4) is 0 Å². The zero-order valence-electron chi connectivity index (χ0n) is 22.6. The second-order valence-corrected chi connectivity index (χ2v) is 9.86. The number of amides is 1. The number of carbonyl (C=O) groups is 1. The topological polar surface area (TPSA) is 137 Å². The third kappa shape index (κ3) is 5.60. The summed E-state index contributed by atoms with van der Waals surface area (Å²) in [5, 5.41) is 18.3. The number of nitrogens with one attached hydrogen (secondary N) is 2. The summed E-state index contributed by atoms with van der Waals surface area (Å²) in [6.45, 7) is -0.402. The largest absolute Gasteiger partial charge is 0.423 e. The summed E-state index contributed by atoms with van der Waals surface area (Å²) in [5.41, 5.74) is -2.62. The van der Waals surface area contributed by atoms with Crippen LogP contribution in [0.3, 0.4) is 0 Å². The molecular formula is C24H30F3N7O4. The van der Waals surface area contributed by atoms with Gasteiger partial charge in [0.05, 0.1) is 33.3 Å². The third-order valence-electron chi connectivity index (χ3n) is 7.03. The molecule has 0 radical (unpaired) electrons. The van der Waals surface area contributed by atoms with Crippen LogP contribution in [0.5, 0.6) is 0 Å². The quantitative estimate of drug-likeness (QED) is 0.456. The number of hydrogen-bond donors (Lipinski definition) is 3. The van der Waals surface area contributed by atoms with Gasteiger partial charge in [-0.2, -0.15) is 18.3 Å². The highest BCUT2D eigenvalue weighted by molar-refractivity contribution is 5.83. The molecule has 0 spiro atoms. The molecule has 0 unspecified atom stereocenters. The van der Waals surface area contributed by atoms with Crippen molar-refractivity contribution >= 4 is 17.5 Å². The van der Waals surface area contributed by atoms with Crippen molar-refractivity contribution in [1.82, 2.24) is 25.1 Å². The minimum atomic E-state index is -5.00. The van der Waals surface area contributed by atoms with Gasteiger partial charge in [-0.15, -0.1) is 0 Å². The van der Waals surface area contributed by atoms with Gasteiger partial charge in [0.1, 0.15) is 11.7 Å². The fourth-order valence-corrected chi connectivity index (χ4v) is 4.94. The van der Waals surface area contributed by atoms with Crippen molar-refractivity contribution in [2.24, 2.45) is 0 Å². The van der Waals surface area contributed by atoms with E-state index in [-0.39, 0.29) is 19.5 Å². The van der Waals surface area contributed by atoms with Gasteiger partial charge in [0, 0.05) is 44.5 Å². The van der Waals surface area contributed by atoms with Gasteiger partial charge >= 0.3 is 6.18 Å². The van der Waals surface area contributed by atoms with E-state index in [1.165, 1.54) is 11.8 Å². The first kappa shape index (κ1) is 23.8. The number of carbonyl (C=O) groups excluding carboxylic acids is 1. The fourth-order valence-electron chi connectivity index (χ4n) is 4.94. The standard InChI is InChI=1S/C24H30F3N7O4/c1-13(31-16-10-30-32-21(36)20(16)24(25,26)27)12-38-19-5-7-34(22(19)37)17-4-6-33(11-18(17)35)23-28-8-15(9-29-23)14-2-3-14/h8-10,13-14,17-19,35H,2-7,11-12H2,1H3,(H2,31,32,36)/t13-,17+,18+,19+/m0/s1/i12D2. The molecule has 4 atom stereocenters. The second kappa shape index (κ2) is 10.5. The average molecular weight is 540 g/mol. The number of likely N-dealkylation sites (tertiary alicyclic amines) is 1. The number of ether oxygens (including phenoxy) is 1. The summed E-state index contributed by atoms with van der Waals surface area (Å²) in [6.07, 6.45) is 0.127. The molecule has 2 aromatic rings. The Morgan fingerprint density at radius 3 is 2.61 bits per heavy atom. The number of anilines is 2. The number of rotatable bonds is 8. The molecule has 14 heteroatoms. The molecule has 5 rings (SSSR count). The second-order valence-electron chi connectivity index (χ2n) is 9.86. The highest BCUT2D eigenvalue weighted by atomic mass is 19.4. The Morgan fingerprint density at radius 1 is 1.21 bits per heavy atom. The number of halogens is 3. The Morgan fingerprint density at radius 2 is 1.95 bits per heavy atom. The van der Waals surface area contributed by atoms with E-state index in [2.05, 4.69) is 20.4 Å². The van der Waals surface area contributed by atoms with Gasteiger partial charge in [0.2, 0.25) is 5.95 Å². The maximum absolute atomic E-state index is 13.4. The van der Waals surface area contributed by atoms with Crippen LogP contribution in [-0.4, -0.2) is 86.6 Å². The molecule has 206 valence electrons. The molecule has 4 heterocycles. The minimum absolute atomic E-state index is 0.143. The lowest BCUT2D eigenvalue weighted by Crippen LogP contribution is -2.55. The van der Waals surface area contributed by atoms with Gasteiger partial charge in [-0.25, -0.2) is 15.1 Å². The molecule has 38 heavy (non-hydrogen) atoms. The van der Waals surface area contributed by atoms with Crippen molar-refractivity contribution in [2.45, 2.75) is 69.0 Å². The van der Waals surface area contributed by atoms with E-state index in [4.69, 9.17) is 7.48 Å². The Hall–Kier alpha value is -3.26. The van der Waals surface area contributed by atoms with Gasteiger partial charge in [0.25, 0.3) is 11.5 Å². The lowest BCUT2D eigenvalue weighted by molar-refractivity contribution is -0.141. The van der Waals surface area contributed by atoms with Gasteiger partial charge in [0.15, 0.2) is 0 Å². The number of H-pyrrole nitrogens is 1. The summed E-state index contributed by atoms with van der Waals surface area (Å²) < 4.78 is 62.1. The van der Waals surface area contributed by atoms with Gasteiger partial charge < -0.3 is 25.0 Å². The van der Waals surface area contributed by atoms with Crippen LogP contribution in [0, 0.1) is 0 Å². The molecule has 2 aromatic heterocycles. The third-order valence-corrected chi connectivity index (χ3v) is 7.03. The molecular weight excluding hydrogens is 507 g/mol. The fraction of sp³-hybridized carbons (Fsp3) is 0.625. The number of nitrogens with zero attached hydrogens (tertiary/aromatic N) is 5. The lowest BCUT2D eigenvalue weighted by Gasteiger charge is -2.40. The normalized spacial score (nSPS) is 26.2. The van der Waals surface area contributed by atoms with Gasteiger partial charge in [-0.05, 0) is 37.7 Å². The van der Waals surface area contributed by atoms with Crippen molar-refractivity contribution in [3.63, 3.8) is 0 Å². The monoisotopic (exact) mass is 539 g/mol. The molecule has 3 aliphatic rings. The van der Waals surface area contributed by atoms with Crippen LogP contribution < -0.4 is 15.8 Å². The molecule has 0 aromatic carbocycles. The smallest absolute Gasteiger partial charge is 0.389 e. The summed E-state index contributed by atoms with van der Waals surface area (Å²) in [6, 6.07) is -1.90. The average Bonchev–Trinajstić information content (AvgIpc) is 3.68. The molecule has 1 aliphatic carbocycles. The number of aliphatic hydroxyl groups excluding tert-OH is 1. The highest BCUT2D eigenvalue weighted by Crippen LogP contribution is 2.39. The van der Waals surface area contributed by atoms with Gasteiger partial charge in [-0.3, -0.25) is 9.59 Å². The Balaban J connectivity index is 1.19. The summed E-state index contributed by atoms with van der Waals surface area (Å²) in [4.78, 5) is 37.1. The lowest BCUT2D eigenvalue weighted by atomic mass is 10.0. The number of aromatic amines is 1. The maximum atomic E-state index is 13.4. The molecule has 11 nitrogen and oxygen atoms in total. The van der Waals surface area contributed by atoms with Crippen LogP contribution in [0.1, 0.15) is 52.4 Å². The Kier molecular flexibility index (Phi) is 6.57. The summed E-state index contributed by atoms with van der Waals surface area (Å²) in [5.74, 6) is 0.533. The minimum Gasteiger partial charge on any atom is -0.389 e. The number of hydrogen-bond acceptors (Lipinski definition) is 9. The number of alkyl halides is 3. The SMILES string of the molecule is [2H]C([2H])(O[C@@H]1CCN([C@@H]2CCN(c3ncc(C4CC4)cn3)C[C@H]2O)C1=O)[C@H](C)Nc1cn[nH]c(=O)c1C(F)(F)F. The predicted molar refractivity (Wildman–Crippen MR) is 130 cm³/mol. The van der Waals surface area contributed by atoms with Crippen LogP contribution in [0.4, 0.5) is 24.8 Å². The Bertz CT molecular complexity index is 1290. The zero-order chi connectivity index (χ0) is 28.8. The maximum Gasteiger partial charge on any atom is 0.423 e. The van der Waals surface area contributed by atoms with E-state index >= 15 is 0 Å². The van der Waals surface area contributed by atoms with E-state index < -0.39 is 59.7 Å². The van der Waals surface area contributed by atoms with Crippen LogP contribution in [0.15, 0.2) is 23.4 Å². The zero-order valence-corrected chi connectivity index (χ0v) is 20.6. The van der Waals surface area contributed by atoms with Crippen LogP contribution >= 0.6 is 0 Å². The first-order chi connectivity index (χ1) is 18.8. The molecule has 1 amide bonds. The Labute approximate surface area is 219 Å². The summed E-state index contributed by atoms with van der Waals surface area (Å²) >= 11 is 0. The highest BCUT2D eigenvalue weighted by Gasteiger charge is 2.42. The van der Waals surface area contributed by atoms with E-state index in [0.29, 0.717) is 24.8 Å². The van der Waals surface area contributed by atoms with Crippen LogP contribution in [0.25, 0.3) is 0 Å². The molecule has 2 aliphatic heterocycles. The van der Waals surface area contributed by atoms with E-state index in [1.807, 2.05) is 17.3 Å². The first-order valence-electron chi connectivity index (χ1n) is 13.5. The predicted octanol–water partition coefficient (Wildman–Crippen LogP) is 1.51. The van der Waals surface area contributed by atoms with Crippen molar-refractivity contribution in [1.29, 1.82) is 0 Å². The van der Waals surface area contributed by atoms with E-state index in [0.717, 1.165) is 24.6 Å². The molecule has 3 fully saturated rings. The van der Waals surface area contributed by atoms with Crippen molar-refractivity contribution in [3.05, 3.63) is 40.1 Å². The summed E-state index contributed by atoms with van der Waals surface area (Å²) in [7, 11) is 0. The van der Waals surface area contributed by atoms with Crippen molar-refractivity contribution < 1.29 is 30.6 Å².